The molecule has 2 aliphatic rings. The molecule has 2 unspecified atom stereocenters. The summed E-state index contributed by atoms with van der Waals surface area (Å²) in [5.74, 6) is -0.352. The molecule has 0 amide bonds. The molecule has 0 aromatic carbocycles. The van der Waals surface area contributed by atoms with Crippen LogP contribution in [0.5, 0.6) is 0 Å². The van der Waals surface area contributed by atoms with Crippen molar-refractivity contribution in [2.75, 3.05) is 6.61 Å². The van der Waals surface area contributed by atoms with E-state index in [4.69, 9.17) is 26.7 Å². The van der Waals surface area contributed by atoms with Crippen LogP contribution in [-0.4, -0.2) is 71.0 Å². The molecule has 0 aliphatic carbocycles. The van der Waals surface area contributed by atoms with Crippen LogP contribution in [-0.2, 0) is 4.74 Å². The fraction of sp³-hybridized carbons (Fsp3) is 0.727. The quantitative estimate of drug-likeness (QED) is 0.248. The lowest BCUT2D eigenvalue weighted by Gasteiger charge is -2.24. The Morgan fingerprint density at radius 3 is 2.76 bits per heavy atom. The Bertz CT molecular complexity index is 485. The summed E-state index contributed by atoms with van der Waals surface area (Å²) < 4.78 is 19.4. The van der Waals surface area contributed by atoms with E-state index >= 15 is 0 Å². The summed E-state index contributed by atoms with van der Waals surface area (Å²) in [5.41, 5.74) is 10.7. The second-order valence-electron chi connectivity index (χ2n) is 5.03. The molecule has 6 atom stereocenters. The lowest BCUT2D eigenvalue weighted by atomic mass is 9.99. The zero-order chi connectivity index (χ0) is 15.7. The molecule has 8 N–H and O–H groups in total. The van der Waals surface area contributed by atoms with Gasteiger partial charge in [-0.15, -0.1) is 0 Å². The van der Waals surface area contributed by atoms with Crippen LogP contribution in [0.2, 0.25) is 0 Å². The van der Waals surface area contributed by atoms with E-state index in [1.165, 1.54) is 0 Å². The largest absolute Gasteiger partial charge is 0.394 e. The van der Waals surface area contributed by atoms with Crippen LogP contribution in [0.15, 0.2) is 9.98 Å². The molecule has 0 saturated carbocycles. The van der Waals surface area contributed by atoms with Gasteiger partial charge in [-0.25, -0.2) is 4.39 Å². The monoisotopic (exact) mass is 302 g/mol. The van der Waals surface area contributed by atoms with Crippen molar-refractivity contribution in [1.29, 1.82) is 5.41 Å². The van der Waals surface area contributed by atoms with Crippen molar-refractivity contribution in [2.24, 2.45) is 21.5 Å². The van der Waals surface area contributed by atoms with Crippen molar-refractivity contribution >= 4 is 17.6 Å². The van der Waals surface area contributed by atoms with Gasteiger partial charge in [0, 0.05) is 0 Å². The van der Waals surface area contributed by atoms with E-state index in [-0.39, 0.29) is 17.7 Å². The molecule has 0 aromatic rings. The first-order chi connectivity index (χ1) is 9.85. The van der Waals surface area contributed by atoms with Crippen LogP contribution in [0.1, 0.15) is 6.92 Å². The average Bonchev–Trinajstić information content (AvgIpc) is 2.92. The van der Waals surface area contributed by atoms with Gasteiger partial charge in [-0.3, -0.25) is 10.4 Å². The van der Waals surface area contributed by atoms with Crippen molar-refractivity contribution in [3.63, 3.8) is 0 Å². The molecule has 1 saturated heterocycles. The molecular weight excluding hydrogens is 283 g/mol. The molecule has 10 heteroatoms. The van der Waals surface area contributed by atoms with Gasteiger partial charge in [0.25, 0.3) is 0 Å². The van der Waals surface area contributed by atoms with Crippen LogP contribution in [0.4, 0.5) is 4.39 Å². The normalized spacial score (nSPS) is 40.0. The number of nitrogens with zero attached hydrogens (tertiary/aromatic N) is 2. The topological polar surface area (TPSA) is 162 Å². The summed E-state index contributed by atoms with van der Waals surface area (Å²) in [5, 5.41) is 28.6. The minimum absolute atomic E-state index is 0.0792. The highest BCUT2D eigenvalue weighted by Gasteiger charge is 2.50. The predicted molar refractivity (Wildman–Crippen MR) is 74.0 cm³/mol. The Morgan fingerprint density at radius 1 is 1.57 bits per heavy atom. The first-order valence-corrected chi connectivity index (χ1v) is 6.46. The molecule has 2 aliphatic heterocycles. The molecule has 0 spiro atoms. The third kappa shape index (κ3) is 2.96. The molecule has 0 bridgehead atoms. The number of nitrogens with one attached hydrogen (secondary N) is 2. The second kappa shape index (κ2) is 5.92. The molecule has 9 nitrogen and oxygen atoms in total. The van der Waals surface area contributed by atoms with Crippen molar-refractivity contribution < 1.29 is 19.3 Å². The van der Waals surface area contributed by atoms with Crippen molar-refractivity contribution in [3.8, 4) is 0 Å². The number of nitrogens with two attached hydrogens (primary N) is 2. The van der Waals surface area contributed by atoms with Gasteiger partial charge in [0.2, 0.25) is 5.96 Å². The number of amidine groups is 2. The fourth-order valence-electron chi connectivity index (χ4n) is 2.47. The number of hydrogen-bond acceptors (Lipinski definition) is 6. The average molecular weight is 302 g/mol. The van der Waals surface area contributed by atoms with Gasteiger partial charge >= 0.3 is 0 Å². The third-order valence-electron chi connectivity index (χ3n) is 3.53. The lowest BCUT2D eigenvalue weighted by molar-refractivity contribution is -0.0311. The van der Waals surface area contributed by atoms with E-state index in [9.17, 15) is 9.50 Å². The number of aliphatic hydroxyl groups is 2. The van der Waals surface area contributed by atoms with E-state index in [1.54, 1.807) is 6.92 Å². The van der Waals surface area contributed by atoms with Gasteiger partial charge in [-0.1, -0.05) is 0 Å². The van der Waals surface area contributed by atoms with Crippen LogP contribution in [0.3, 0.4) is 0 Å². The molecule has 1 fully saturated rings. The van der Waals surface area contributed by atoms with Gasteiger partial charge in [-0.2, -0.15) is 4.99 Å². The maximum absolute atomic E-state index is 14.1. The summed E-state index contributed by atoms with van der Waals surface area (Å²) >= 11 is 0. The second-order valence-corrected chi connectivity index (χ2v) is 5.03. The van der Waals surface area contributed by atoms with Gasteiger partial charge in [0.15, 0.2) is 17.8 Å². The number of halogens is 1. The van der Waals surface area contributed by atoms with E-state index < -0.39 is 43.1 Å². The molecule has 2 rings (SSSR count). The van der Waals surface area contributed by atoms with E-state index in [2.05, 4.69) is 15.3 Å². The Labute approximate surface area is 120 Å². The molecule has 0 radical (unpaired) electrons. The molecular formula is C11H19FN6O3. The number of hydrogen-bond donors (Lipinski definition) is 6. The summed E-state index contributed by atoms with van der Waals surface area (Å²) in [6, 6.07) is -0.949. The van der Waals surface area contributed by atoms with Crippen molar-refractivity contribution in [3.05, 3.63) is 0 Å². The number of aliphatic imine (C=N–C) groups is 2. The summed E-state index contributed by atoms with van der Waals surface area (Å²) in [6.07, 6.45) is -4.98. The van der Waals surface area contributed by atoms with Gasteiger partial charge < -0.3 is 31.7 Å². The van der Waals surface area contributed by atoms with E-state index in [1.807, 2.05) is 0 Å². The van der Waals surface area contributed by atoms with Gasteiger partial charge in [-0.05, 0) is 6.92 Å². The lowest BCUT2D eigenvalue weighted by Crippen LogP contribution is -2.50. The number of aliphatic hydroxyl groups excluding tert-OH is 2. The summed E-state index contributed by atoms with van der Waals surface area (Å²) in [6.45, 7) is 1.25. The first kappa shape index (κ1) is 15.6. The Balaban J connectivity index is 2.10. The zero-order valence-electron chi connectivity index (χ0n) is 11.4. The highest BCUT2D eigenvalue weighted by Crippen LogP contribution is 2.29. The molecule has 0 aromatic heterocycles. The smallest absolute Gasteiger partial charge is 0.214 e. The SMILES string of the molecule is CC1N=C(/C(N)=N\C(=N)N)NC1[C@@H]1O[C@H](CO)[C@@H](O)[C@H]1F. The van der Waals surface area contributed by atoms with Crippen LogP contribution in [0, 0.1) is 5.41 Å². The van der Waals surface area contributed by atoms with Crippen molar-refractivity contribution in [1.82, 2.24) is 5.32 Å². The van der Waals surface area contributed by atoms with Gasteiger partial charge in [0.05, 0.1) is 18.7 Å². The fourth-order valence-corrected chi connectivity index (χ4v) is 2.47. The minimum atomic E-state index is -1.65. The number of rotatable bonds is 3. The molecule has 118 valence electrons. The Kier molecular flexibility index (Phi) is 4.40. The summed E-state index contributed by atoms with van der Waals surface area (Å²) in [7, 11) is 0. The number of alkyl halides is 1. The number of guanidine groups is 1. The Hall–Kier alpha value is -1.78. The molecule has 21 heavy (non-hydrogen) atoms. The Morgan fingerprint density at radius 2 is 2.24 bits per heavy atom. The van der Waals surface area contributed by atoms with E-state index in [0.29, 0.717) is 0 Å². The standard InChI is InChI=1S/C11H19FN6O3/c1-3-6(8-5(12)7(20)4(2-19)21-8)17-10(16-3)9(13)18-11(14)15/h3-8,19-20H,2H2,1H3,(H,16,17)(H5,13,14,15,18)/t3?,4-,5-,6?,7-,8-/m1/s1. The first-order valence-electron chi connectivity index (χ1n) is 6.46. The maximum atomic E-state index is 14.1. The highest BCUT2D eigenvalue weighted by molar-refractivity contribution is 6.41. The summed E-state index contributed by atoms with van der Waals surface area (Å²) in [4.78, 5) is 7.74. The maximum Gasteiger partial charge on any atom is 0.214 e. The number of ether oxygens (including phenoxy) is 1. The highest BCUT2D eigenvalue weighted by atomic mass is 19.1. The zero-order valence-corrected chi connectivity index (χ0v) is 11.4. The van der Waals surface area contributed by atoms with Crippen LogP contribution < -0.4 is 16.8 Å². The predicted octanol–water partition coefficient (Wildman–Crippen LogP) is -2.55. The van der Waals surface area contributed by atoms with Crippen LogP contribution >= 0.6 is 0 Å². The minimum Gasteiger partial charge on any atom is -0.394 e. The van der Waals surface area contributed by atoms with Crippen molar-refractivity contribution in [2.45, 2.75) is 43.5 Å². The molecule has 2 heterocycles. The van der Waals surface area contributed by atoms with E-state index in [0.717, 1.165) is 0 Å². The van der Waals surface area contributed by atoms with Crippen LogP contribution in [0.25, 0.3) is 0 Å². The van der Waals surface area contributed by atoms with Gasteiger partial charge in [0.1, 0.15) is 18.3 Å². The third-order valence-corrected chi connectivity index (χ3v) is 3.53.